The van der Waals surface area contributed by atoms with Gasteiger partial charge in [-0.25, -0.2) is 4.39 Å². The van der Waals surface area contributed by atoms with Gasteiger partial charge in [-0.3, -0.25) is 4.79 Å². The fourth-order valence-corrected chi connectivity index (χ4v) is 4.81. The van der Waals surface area contributed by atoms with Gasteiger partial charge in [-0.2, -0.15) is 0 Å². The number of halogens is 1. The van der Waals surface area contributed by atoms with Gasteiger partial charge in [0.05, 0.1) is 6.54 Å². The molecule has 0 saturated heterocycles. The molecule has 1 atom stereocenters. The van der Waals surface area contributed by atoms with Crippen LogP contribution in [0, 0.1) is 17.2 Å². The molecule has 1 amide bonds. The fraction of sp³-hybridized carbons (Fsp3) is 0.500. The Labute approximate surface area is 146 Å². The van der Waals surface area contributed by atoms with Crippen LogP contribution >= 0.6 is 0 Å². The number of aromatic nitrogens is 1. The van der Waals surface area contributed by atoms with Crippen molar-refractivity contribution >= 4 is 5.91 Å². The van der Waals surface area contributed by atoms with Crippen LogP contribution < -0.4 is 0 Å². The minimum Gasteiger partial charge on any atom is -0.360 e. The minimum absolute atomic E-state index is 0.217. The van der Waals surface area contributed by atoms with Gasteiger partial charge >= 0.3 is 0 Å². The van der Waals surface area contributed by atoms with Crippen LogP contribution in [0.3, 0.4) is 0 Å². The summed E-state index contributed by atoms with van der Waals surface area (Å²) in [6.07, 6.45) is 6.71. The Morgan fingerprint density at radius 3 is 2.96 bits per heavy atom. The summed E-state index contributed by atoms with van der Waals surface area (Å²) in [7, 11) is 0. The van der Waals surface area contributed by atoms with Crippen LogP contribution in [-0.2, 0) is 17.8 Å². The number of carbonyl (C=O) groups is 1. The molecule has 2 aromatic rings. The zero-order valence-electron chi connectivity index (χ0n) is 14.1. The molecule has 4 nitrogen and oxygen atoms in total. The van der Waals surface area contributed by atoms with E-state index in [2.05, 4.69) is 5.16 Å². The predicted octanol–water partition coefficient (Wildman–Crippen LogP) is 3.95. The van der Waals surface area contributed by atoms with Gasteiger partial charge in [0.1, 0.15) is 17.3 Å². The Balaban J connectivity index is 1.39. The molecule has 1 spiro atoms. The lowest BCUT2D eigenvalue weighted by atomic mass is 9.99. The van der Waals surface area contributed by atoms with Crippen molar-refractivity contribution in [2.45, 2.75) is 45.1 Å². The van der Waals surface area contributed by atoms with E-state index in [0.29, 0.717) is 42.1 Å². The third-order valence-corrected chi connectivity index (χ3v) is 6.32. The first-order valence-electron chi connectivity index (χ1n) is 9.18. The lowest BCUT2D eigenvalue weighted by Gasteiger charge is -2.27. The van der Waals surface area contributed by atoms with E-state index in [4.69, 9.17) is 4.52 Å². The van der Waals surface area contributed by atoms with Crippen LogP contribution in [-0.4, -0.2) is 22.5 Å². The van der Waals surface area contributed by atoms with Crippen molar-refractivity contribution in [3.63, 3.8) is 0 Å². The van der Waals surface area contributed by atoms with E-state index < -0.39 is 0 Å². The van der Waals surface area contributed by atoms with Gasteiger partial charge in [0, 0.05) is 30.0 Å². The van der Waals surface area contributed by atoms with Crippen molar-refractivity contribution < 1.29 is 13.7 Å². The van der Waals surface area contributed by atoms with E-state index in [0.717, 1.165) is 17.7 Å². The highest BCUT2D eigenvalue weighted by atomic mass is 19.1. The first kappa shape index (κ1) is 15.1. The highest BCUT2D eigenvalue weighted by Crippen LogP contribution is 2.63. The summed E-state index contributed by atoms with van der Waals surface area (Å²) in [5.41, 5.74) is 2.62. The third kappa shape index (κ3) is 2.40. The van der Waals surface area contributed by atoms with Crippen LogP contribution in [0.15, 0.2) is 28.8 Å². The highest BCUT2D eigenvalue weighted by molar-refractivity contribution is 5.83. The molecule has 0 radical (unpaired) electrons. The number of rotatable bonds is 2. The zero-order valence-corrected chi connectivity index (χ0v) is 14.1. The number of nitrogens with zero attached hydrogens (tertiary/aromatic N) is 2. The first-order valence-corrected chi connectivity index (χ1v) is 9.18. The molecule has 2 fully saturated rings. The summed E-state index contributed by atoms with van der Waals surface area (Å²) in [5, 5.41) is 4.15. The standard InChI is InChI=1S/C20H21FN2O2/c21-14-5-3-4-13(10-14)18-15-12-23(9-6-17(15)25-22-18)19(24)16-11-20(16)7-1-2-8-20/h3-5,10,16H,1-2,6-9,11-12H2/t16-/m1/s1. The number of fused-ring (bicyclic) bond motifs is 1. The van der Waals surface area contributed by atoms with Gasteiger partial charge < -0.3 is 9.42 Å². The van der Waals surface area contributed by atoms with Crippen LogP contribution in [0.1, 0.15) is 43.4 Å². The van der Waals surface area contributed by atoms with Crippen LogP contribution in [0.5, 0.6) is 0 Å². The molecule has 5 heteroatoms. The van der Waals surface area contributed by atoms with Crippen molar-refractivity contribution in [2.75, 3.05) is 6.54 Å². The van der Waals surface area contributed by atoms with Gasteiger partial charge in [-0.1, -0.05) is 30.1 Å². The topological polar surface area (TPSA) is 46.3 Å². The molecule has 0 unspecified atom stereocenters. The number of hydrogen-bond acceptors (Lipinski definition) is 3. The molecular weight excluding hydrogens is 319 g/mol. The van der Waals surface area contributed by atoms with E-state index in [1.807, 2.05) is 11.0 Å². The summed E-state index contributed by atoms with van der Waals surface area (Å²) >= 11 is 0. The quantitative estimate of drug-likeness (QED) is 0.832. The number of benzene rings is 1. The van der Waals surface area contributed by atoms with Crippen LogP contribution in [0.2, 0.25) is 0 Å². The normalized spacial score (nSPS) is 23.7. The highest BCUT2D eigenvalue weighted by Gasteiger charge is 2.59. The Hall–Kier alpha value is -2.17. The van der Waals surface area contributed by atoms with E-state index in [9.17, 15) is 9.18 Å². The summed E-state index contributed by atoms with van der Waals surface area (Å²) in [6.45, 7) is 1.21. The maximum atomic E-state index is 13.6. The van der Waals surface area contributed by atoms with Crippen LogP contribution in [0.4, 0.5) is 4.39 Å². The van der Waals surface area contributed by atoms with Crippen molar-refractivity contribution in [2.24, 2.45) is 11.3 Å². The van der Waals surface area contributed by atoms with Crippen molar-refractivity contribution in [3.05, 3.63) is 41.4 Å². The van der Waals surface area contributed by atoms with E-state index in [1.54, 1.807) is 6.07 Å². The largest absolute Gasteiger partial charge is 0.360 e. The second kappa shape index (κ2) is 5.41. The van der Waals surface area contributed by atoms with E-state index in [1.165, 1.54) is 37.8 Å². The summed E-state index contributed by atoms with van der Waals surface area (Å²) in [6, 6.07) is 6.38. The Kier molecular flexibility index (Phi) is 3.27. The number of amides is 1. The molecule has 2 heterocycles. The molecule has 25 heavy (non-hydrogen) atoms. The molecule has 130 valence electrons. The average Bonchev–Trinajstić information content (AvgIpc) is 2.95. The minimum atomic E-state index is -0.292. The first-order chi connectivity index (χ1) is 12.2. The van der Waals surface area contributed by atoms with Gasteiger partial charge in [0.2, 0.25) is 5.91 Å². The molecule has 0 bridgehead atoms. The lowest BCUT2D eigenvalue weighted by Crippen LogP contribution is -2.37. The molecule has 1 aromatic heterocycles. The number of carbonyl (C=O) groups excluding carboxylic acids is 1. The van der Waals surface area contributed by atoms with Gasteiger partial charge in [0.25, 0.3) is 0 Å². The zero-order chi connectivity index (χ0) is 17.0. The average molecular weight is 340 g/mol. The Bertz CT molecular complexity index is 838. The monoisotopic (exact) mass is 340 g/mol. The Morgan fingerprint density at radius 2 is 2.16 bits per heavy atom. The van der Waals surface area contributed by atoms with Crippen LogP contribution in [0.25, 0.3) is 11.3 Å². The molecule has 1 aromatic carbocycles. The second-order valence-corrected chi connectivity index (χ2v) is 7.78. The maximum absolute atomic E-state index is 13.6. The fourth-order valence-electron chi connectivity index (χ4n) is 4.81. The molecule has 2 aliphatic carbocycles. The molecule has 3 aliphatic rings. The molecule has 1 aliphatic heterocycles. The van der Waals surface area contributed by atoms with Crippen molar-refractivity contribution in [1.82, 2.24) is 10.1 Å². The predicted molar refractivity (Wildman–Crippen MR) is 90.0 cm³/mol. The van der Waals surface area contributed by atoms with Gasteiger partial charge in [-0.05, 0) is 36.8 Å². The maximum Gasteiger partial charge on any atom is 0.226 e. The molecular formula is C20H21FN2O2. The number of hydrogen-bond donors (Lipinski definition) is 0. The van der Waals surface area contributed by atoms with E-state index >= 15 is 0 Å². The second-order valence-electron chi connectivity index (χ2n) is 7.78. The molecule has 2 saturated carbocycles. The Morgan fingerprint density at radius 1 is 1.32 bits per heavy atom. The van der Waals surface area contributed by atoms with Crippen molar-refractivity contribution in [1.29, 1.82) is 0 Å². The molecule has 5 rings (SSSR count). The van der Waals surface area contributed by atoms with E-state index in [-0.39, 0.29) is 11.7 Å². The SMILES string of the molecule is O=C([C@H]1CC12CCCC2)N1CCc2onc(-c3cccc(F)c3)c2C1. The third-order valence-electron chi connectivity index (χ3n) is 6.32. The van der Waals surface area contributed by atoms with Gasteiger partial charge in [-0.15, -0.1) is 0 Å². The summed E-state index contributed by atoms with van der Waals surface area (Å²) in [5.74, 6) is 1.04. The van der Waals surface area contributed by atoms with Crippen molar-refractivity contribution in [3.8, 4) is 11.3 Å². The summed E-state index contributed by atoms with van der Waals surface area (Å²) in [4.78, 5) is 14.9. The smallest absolute Gasteiger partial charge is 0.226 e. The lowest BCUT2D eigenvalue weighted by molar-refractivity contribution is -0.134. The van der Waals surface area contributed by atoms with Gasteiger partial charge in [0.15, 0.2) is 0 Å². The summed E-state index contributed by atoms with van der Waals surface area (Å²) < 4.78 is 19.0. The molecule has 0 N–H and O–H groups in total.